The Labute approximate surface area is 110 Å². The molecular weight excluding hydrogens is 250 g/mol. The molecule has 0 aromatic heterocycles. The molecule has 0 spiro atoms. The Morgan fingerprint density at radius 2 is 2.17 bits per heavy atom. The lowest BCUT2D eigenvalue weighted by Gasteiger charge is -2.23. The summed E-state index contributed by atoms with van der Waals surface area (Å²) in [7, 11) is 1.76. The van der Waals surface area contributed by atoms with Gasteiger partial charge in [0.05, 0.1) is 4.92 Å². The van der Waals surface area contributed by atoms with Gasteiger partial charge in [0, 0.05) is 42.3 Å². The van der Waals surface area contributed by atoms with Gasteiger partial charge in [0.25, 0.3) is 5.69 Å². The Bertz CT molecular complexity index is 433. The van der Waals surface area contributed by atoms with Crippen molar-refractivity contribution in [3.63, 3.8) is 0 Å². The summed E-state index contributed by atoms with van der Waals surface area (Å²) in [5.74, 6) is 2.28. The summed E-state index contributed by atoms with van der Waals surface area (Å²) in [4.78, 5) is 10.5. The van der Waals surface area contributed by atoms with Crippen molar-refractivity contribution in [2.45, 2.75) is 18.9 Å². The van der Waals surface area contributed by atoms with E-state index in [0.717, 1.165) is 23.5 Å². The Balaban J connectivity index is 2.15. The molecule has 0 amide bonds. The first-order chi connectivity index (χ1) is 8.69. The van der Waals surface area contributed by atoms with Crippen molar-refractivity contribution in [2.24, 2.45) is 0 Å². The molecule has 1 fully saturated rings. The minimum atomic E-state index is -0.359. The van der Waals surface area contributed by atoms with Crippen LogP contribution in [0.1, 0.15) is 12.8 Å². The fourth-order valence-electron chi connectivity index (χ4n) is 2.03. The number of hydrogen-bond acceptors (Lipinski definition) is 5. The van der Waals surface area contributed by atoms with Crippen molar-refractivity contribution in [3.8, 4) is 0 Å². The van der Waals surface area contributed by atoms with Crippen molar-refractivity contribution >= 4 is 28.8 Å². The molecule has 2 rings (SSSR count). The molecule has 1 unspecified atom stereocenters. The monoisotopic (exact) mass is 267 g/mol. The van der Waals surface area contributed by atoms with Gasteiger partial charge < -0.3 is 10.6 Å². The lowest BCUT2D eigenvalue weighted by molar-refractivity contribution is -0.384. The molecule has 1 aliphatic rings. The number of non-ortho nitro benzene ring substituents is 1. The third-order valence-electron chi connectivity index (χ3n) is 2.95. The van der Waals surface area contributed by atoms with E-state index in [-0.39, 0.29) is 10.6 Å². The molecule has 98 valence electrons. The standard InChI is InChI=1S/C12H17N3O2S/c1-13-10-5-11(7-12(6-10)15(16)17)14-9-3-2-4-18-8-9/h5-7,9,13-14H,2-4,8H2,1H3. The van der Waals surface area contributed by atoms with Gasteiger partial charge in [-0.2, -0.15) is 11.8 Å². The molecule has 0 bridgehead atoms. The molecule has 1 aliphatic heterocycles. The van der Waals surface area contributed by atoms with Gasteiger partial charge in [-0.1, -0.05) is 0 Å². The number of thioether (sulfide) groups is 1. The molecule has 1 aromatic rings. The van der Waals surface area contributed by atoms with Gasteiger partial charge in [0.15, 0.2) is 0 Å². The van der Waals surface area contributed by atoms with E-state index in [9.17, 15) is 10.1 Å². The summed E-state index contributed by atoms with van der Waals surface area (Å²) in [6.07, 6.45) is 2.33. The molecule has 5 nitrogen and oxygen atoms in total. The zero-order valence-corrected chi connectivity index (χ0v) is 11.1. The molecule has 0 aliphatic carbocycles. The van der Waals surface area contributed by atoms with Crippen molar-refractivity contribution in [2.75, 3.05) is 29.2 Å². The fraction of sp³-hybridized carbons (Fsp3) is 0.500. The van der Waals surface area contributed by atoms with E-state index in [4.69, 9.17) is 0 Å². The highest BCUT2D eigenvalue weighted by Gasteiger charge is 2.15. The average Bonchev–Trinajstić information content (AvgIpc) is 2.39. The summed E-state index contributed by atoms with van der Waals surface area (Å²) in [5, 5.41) is 17.2. The van der Waals surface area contributed by atoms with Gasteiger partial charge in [-0.05, 0) is 24.7 Å². The molecular formula is C12H17N3O2S. The second-order valence-electron chi connectivity index (χ2n) is 4.33. The topological polar surface area (TPSA) is 67.2 Å². The van der Waals surface area contributed by atoms with Crippen LogP contribution in [0.15, 0.2) is 18.2 Å². The SMILES string of the molecule is CNc1cc(NC2CCCSC2)cc([N+](=O)[O-])c1. The third-order valence-corrected chi connectivity index (χ3v) is 4.16. The predicted molar refractivity (Wildman–Crippen MR) is 76.6 cm³/mol. The van der Waals surface area contributed by atoms with Gasteiger partial charge in [-0.15, -0.1) is 0 Å². The molecule has 18 heavy (non-hydrogen) atoms. The lowest BCUT2D eigenvalue weighted by atomic mass is 10.1. The smallest absolute Gasteiger partial charge is 0.273 e. The molecule has 0 saturated carbocycles. The Hall–Kier alpha value is -1.43. The van der Waals surface area contributed by atoms with E-state index in [1.807, 2.05) is 17.8 Å². The summed E-state index contributed by atoms with van der Waals surface area (Å²) >= 11 is 1.93. The van der Waals surface area contributed by atoms with E-state index in [0.29, 0.717) is 6.04 Å². The Kier molecular flexibility index (Phi) is 4.30. The number of benzene rings is 1. The Morgan fingerprint density at radius 1 is 1.39 bits per heavy atom. The largest absolute Gasteiger partial charge is 0.388 e. The zero-order valence-electron chi connectivity index (χ0n) is 10.3. The van der Waals surface area contributed by atoms with Gasteiger partial charge in [-0.3, -0.25) is 10.1 Å². The third kappa shape index (κ3) is 3.29. The lowest BCUT2D eigenvalue weighted by Crippen LogP contribution is -2.25. The van der Waals surface area contributed by atoms with Crippen LogP contribution in [0, 0.1) is 10.1 Å². The van der Waals surface area contributed by atoms with Crippen molar-refractivity contribution < 1.29 is 4.92 Å². The van der Waals surface area contributed by atoms with Crippen LogP contribution in [0.25, 0.3) is 0 Å². The number of nitrogens with one attached hydrogen (secondary N) is 2. The molecule has 6 heteroatoms. The summed E-state index contributed by atoms with van der Waals surface area (Å²) in [5.41, 5.74) is 1.70. The molecule has 0 radical (unpaired) electrons. The highest BCUT2D eigenvalue weighted by atomic mass is 32.2. The fourth-order valence-corrected chi connectivity index (χ4v) is 3.11. The van der Waals surface area contributed by atoms with Crippen molar-refractivity contribution in [1.82, 2.24) is 0 Å². The van der Waals surface area contributed by atoms with Crippen LogP contribution in [0.4, 0.5) is 17.1 Å². The van der Waals surface area contributed by atoms with E-state index < -0.39 is 0 Å². The maximum Gasteiger partial charge on any atom is 0.273 e. The van der Waals surface area contributed by atoms with Crippen LogP contribution in [0.5, 0.6) is 0 Å². The van der Waals surface area contributed by atoms with Crippen LogP contribution >= 0.6 is 11.8 Å². The highest BCUT2D eigenvalue weighted by molar-refractivity contribution is 7.99. The molecule has 1 heterocycles. The second-order valence-corrected chi connectivity index (χ2v) is 5.48. The van der Waals surface area contributed by atoms with Gasteiger partial charge in [0.1, 0.15) is 0 Å². The van der Waals surface area contributed by atoms with Crippen LogP contribution in [-0.4, -0.2) is 29.5 Å². The average molecular weight is 267 g/mol. The molecule has 1 aromatic carbocycles. The Morgan fingerprint density at radius 3 is 2.78 bits per heavy atom. The van der Waals surface area contributed by atoms with E-state index in [1.165, 1.54) is 12.2 Å². The van der Waals surface area contributed by atoms with Gasteiger partial charge >= 0.3 is 0 Å². The number of nitrogens with zero attached hydrogens (tertiary/aromatic N) is 1. The number of nitro benzene ring substituents is 1. The van der Waals surface area contributed by atoms with E-state index in [2.05, 4.69) is 10.6 Å². The number of rotatable bonds is 4. The van der Waals surface area contributed by atoms with E-state index >= 15 is 0 Å². The van der Waals surface area contributed by atoms with Crippen molar-refractivity contribution in [1.29, 1.82) is 0 Å². The summed E-state index contributed by atoms with van der Waals surface area (Å²) in [6, 6.07) is 5.46. The van der Waals surface area contributed by atoms with E-state index in [1.54, 1.807) is 19.2 Å². The maximum absolute atomic E-state index is 10.9. The van der Waals surface area contributed by atoms with Crippen molar-refractivity contribution in [3.05, 3.63) is 28.3 Å². The minimum Gasteiger partial charge on any atom is -0.388 e. The van der Waals surface area contributed by atoms with Crippen LogP contribution in [-0.2, 0) is 0 Å². The molecule has 1 atom stereocenters. The first kappa shape index (κ1) is 13.0. The predicted octanol–water partition coefficient (Wildman–Crippen LogP) is 2.94. The molecule has 1 saturated heterocycles. The quantitative estimate of drug-likeness (QED) is 0.648. The number of hydrogen-bond donors (Lipinski definition) is 2. The highest BCUT2D eigenvalue weighted by Crippen LogP contribution is 2.27. The van der Waals surface area contributed by atoms with Crippen LogP contribution < -0.4 is 10.6 Å². The molecule has 2 N–H and O–H groups in total. The first-order valence-electron chi connectivity index (χ1n) is 6.00. The maximum atomic E-state index is 10.9. The summed E-state index contributed by atoms with van der Waals surface area (Å²) < 4.78 is 0. The summed E-state index contributed by atoms with van der Waals surface area (Å²) in [6.45, 7) is 0. The van der Waals surface area contributed by atoms with Gasteiger partial charge in [-0.25, -0.2) is 0 Å². The minimum absolute atomic E-state index is 0.118. The number of anilines is 2. The van der Waals surface area contributed by atoms with Crippen LogP contribution in [0.3, 0.4) is 0 Å². The second kappa shape index (κ2) is 5.95. The van der Waals surface area contributed by atoms with Gasteiger partial charge in [0.2, 0.25) is 0 Å². The normalized spacial score (nSPS) is 19.3. The number of nitro groups is 1. The zero-order chi connectivity index (χ0) is 13.0. The van der Waals surface area contributed by atoms with Crippen LogP contribution in [0.2, 0.25) is 0 Å². The first-order valence-corrected chi connectivity index (χ1v) is 7.16.